The van der Waals surface area contributed by atoms with Crippen molar-refractivity contribution in [3.05, 3.63) is 78.2 Å². The highest BCUT2D eigenvalue weighted by Gasteiger charge is 2.55. The SMILES string of the molecule is CC(=O)C[CH]C1CC1(c1ccccc1)c1ccccc1. The second-order valence-corrected chi connectivity index (χ2v) is 5.66. The summed E-state index contributed by atoms with van der Waals surface area (Å²) < 4.78 is 0. The van der Waals surface area contributed by atoms with E-state index in [1.54, 1.807) is 6.92 Å². The Morgan fingerprint density at radius 1 is 1.05 bits per heavy atom. The third-order valence-electron chi connectivity index (χ3n) is 4.28. The number of ketones is 1. The number of Topliss-reactive ketones (excluding diaryl/α,β-unsaturated/α-hetero) is 1. The Hall–Kier alpha value is -1.89. The van der Waals surface area contributed by atoms with Gasteiger partial charge >= 0.3 is 0 Å². The van der Waals surface area contributed by atoms with Gasteiger partial charge in [-0.3, -0.25) is 0 Å². The van der Waals surface area contributed by atoms with Crippen LogP contribution in [0.3, 0.4) is 0 Å². The van der Waals surface area contributed by atoms with Gasteiger partial charge in [0.15, 0.2) is 0 Å². The highest BCUT2D eigenvalue weighted by atomic mass is 16.1. The van der Waals surface area contributed by atoms with Crippen molar-refractivity contribution in [2.45, 2.75) is 25.2 Å². The summed E-state index contributed by atoms with van der Waals surface area (Å²) in [6, 6.07) is 21.3. The van der Waals surface area contributed by atoms with Gasteiger partial charge < -0.3 is 4.79 Å². The van der Waals surface area contributed by atoms with Crippen LogP contribution in [-0.2, 0) is 10.2 Å². The number of hydrogen-bond acceptors (Lipinski definition) is 1. The van der Waals surface area contributed by atoms with Crippen LogP contribution < -0.4 is 0 Å². The normalized spacial score (nSPS) is 19.6. The Bertz CT molecular complexity index is 546. The Morgan fingerprint density at radius 2 is 1.55 bits per heavy atom. The predicted molar refractivity (Wildman–Crippen MR) is 81.4 cm³/mol. The van der Waals surface area contributed by atoms with E-state index in [0.717, 1.165) is 6.42 Å². The maximum atomic E-state index is 11.2. The molecule has 1 unspecified atom stereocenters. The summed E-state index contributed by atoms with van der Waals surface area (Å²) in [4.78, 5) is 11.2. The molecule has 1 aliphatic rings. The topological polar surface area (TPSA) is 17.1 Å². The summed E-state index contributed by atoms with van der Waals surface area (Å²) >= 11 is 0. The third kappa shape index (κ3) is 2.29. The average Bonchev–Trinajstić information content (AvgIpc) is 3.23. The molecule has 1 saturated carbocycles. The van der Waals surface area contributed by atoms with Crippen molar-refractivity contribution in [3.63, 3.8) is 0 Å². The van der Waals surface area contributed by atoms with Gasteiger partial charge in [-0.1, -0.05) is 60.7 Å². The van der Waals surface area contributed by atoms with E-state index in [-0.39, 0.29) is 11.2 Å². The molecule has 0 bridgehead atoms. The van der Waals surface area contributed by atoms with E-state index in [1.165, 1.54) is 11.1 Å². The standard InChI is InChI=1S/C19H19O/c1-15(20)12-13-18-14-19(18,16-8-4-2-5-9-16)17-10-6-3-7-11-17/h2-11,13,18H,12,14H2,1H3. The minimum absolute atomic E-state index is 0.0813. The molecule has 1 heteroatoms. The molecule has 0 aliphatic heterocycles. The van der Waals surface area contributed by atoms with E-state index in [4.69, 9.17) is 0 Å². The molecule has 3 rings (SSSR count). The summed E-state index contributed by atoms with van der Waals surface area (Å²) in [5, 5.41) is 0. The summed E-state index contributed by atoms with van der Waals surface area (Å²) in [7, 11) is 0. The molecule has 20 heavy (non-hydrogen) atoms. The van der Waals surface area contributed by atoms with Gasteiger partial charge in [0.2, 0.25) is 0 Å². The molecule has 0 amide bonds. The molecular formula is C19H19O. The largest absolute Gasteiger partial charge is 0.300 e. The van der Waals surface area contributed by atoms with Crippen LogP contribution in [0.25, 0.3) is 0 Å². The fourth-order valence-electron chi connectivity index (χ4n) is 3.18. The summed E-state index contributed by atoms with van der Waals surface area (Å²) in [5.74, 6) is 0.711. The smallest absolute Gasteiger partial charge is 0.130 e. The van der Waals surface area contributed by atoms with E-state index < -0.39 is 0 Å². The van der Waals surface area contributed by atoms with Crippen molar-refractivity contribution >= 4 is 5.78 Å². The van der Waals surface area contributed by atoms with Crippen molar-refractivity contribution < 1.29 is 4.79 Å². The summed E-state index contributed by atoms with van der Waals surface area (Å²) in [5.41, 5.74) is 2.80. The van der Waals surface area contributed by atoms with Crippen molar-refractivity contribution in [3.8, 4) is 0 Å². The van der Waals surface area contributed by atoms with Gasteiger partial charge in [-0.15, -0.1) is 0 Å². The zero-order valence-corrected chi connectivity index (χ0v) is 11.8. The molecule has 0 spiro atoms. The van der Waals surface area contributed by atoms with Crippen molar-refractivity contribution in [2.24, 2.45) is 5.92 Å². The Balaban J connectivity index is 1.93. The molecule has 2 aromatic rings. The molecule has 0 heterocycles. The number of carbonyl (C=O) groups excluding carboxylic acids is 1. The van der Waals surface area contributed by atoms with Crippen LogP contribution in [-0.4, -0.2) is 5.78 Å². The van der Waals surface area contributed by atoms with Crippen LogP contribution in [0.2, 0.25) is 0 Å². The quantitative estimate of drug-likeness (QED) is 0.791. The average molecular weight is 263 g/mol. The number of carbonyl (C=O) groups is 1. The van der Waals surface area contributed by atoms with Crippen LogP contribution in [0.4, 0.5) is 0 Å². The van der Waals surface area contributed by atoms with Gasteiger partial charge in [0, 0.05) is 11.8 Å². The van der Waals surface area contributed by atoms with Crippen LogP contribution >= 0.6 is 0 Å². The van der Waals surface area contributed by atoms with Gasteiger partial charge in [0.25, 0.3) is 0 Å². The maximum Gasteiger partial charge on any atom is 0.130 e. The highest BCUT2D eigenvalue weighted by Crippen LogP contribution is 2.60. The van der Waals surface area contributed by atoms with E-state index in [9.17, 15) is 4.79 Å². The van der Waals surface area contributed by atoms with Crippen LogP contribution in [0.1, 0.15) is 30.9 Å². The first-order chi connectivity index (χ1) is 9.73. The zero-order valence-electron chi connectivity index (χ0n) is 11.8. The first kappa shape index (κ1) is 13.1. The van der Waals surface area contributed by atoms with Crippen molar-refractivity contribution in [1.82, 2.24) is 0 Å². The lowest BCUT2D eigenvalue weighted by atomic mass is 9.85. The molecule has 1 atom stereocenters. The van der Waals surface area contributed by atoms with Gasteiger partial charge in [0.1, 0.15) is 5.78 Å². The molecule has 2 aromatic carbocycles. The highest BCUT2D eigenvalue weighted by molar-refractivity contribution is 5.76. The van der Waals surface area contributed by atoms with Crippen molar-refractivity contribution in [1.29, 1.82) is 0 Å². The van der Waals surface area contributed by atoms with Gasteiger partial charge in [-0.2, -0.15) is 0 Å². The lowest BCUT2D eigenvalue weighted by Crippen LogP contribution is -2.13. The molecule has 1 radical (unpaired) electrons. The molecule has 0 aromatic heterocycles. The summed E-state index contributed by atoms with van der Waals surface area (Å²) in [6.45, 7) is 1.66. The van der Waals surface area contributed by atoms with Crippen LogP contribution in [0, 0.1) is 12.3 Å². The fraction of sp³-hybridized carbons (Fsp3) is 0.263. The molecule has 1 aliphatic carbocycles. The Morgan fingerprint density at radius 3 is 2.00 bits per heavy atom. The Labute approximate surface area is 120 Å². The van der Waals surface area contributed by atoms with E-state index >= 15 is 0 Å². The van der Waals surface area contributed by atoms with E-state index in [0.29, 0.717) is 12.3 Å². The summed E-state index contributed by atoms with van der Waals surface area (Å²) in [6.07, 6.45) is 3.88. The molecule has 1 nitrogen and oxygen atoms in total. The second-order valence-electron chi connectivity index (χ2n) is 5.66. The molecule has 0 N–H and O–H groups in total. The fourth-order valence-corrected chi connectivity index (χ4v) is 3.18. The molecular weight excluding hydrogens is 244 g/mol. The molecule has 1 fully saturated rings. The molecule has 101 valence electrons. The number of hydrogen-bond donors (Lipinski definition) is 0. The van der Waals surface area contributed by atoms with Crippen molar-refractivity contribution in [2.75, 3.05) is 0 Å². The van der Waals surface area contributed by atoms with E-state index in [1.807, 2.05) is 0 Å². The first-order valence-electron chi connectivity index (χ1n) is 7.17. The zero-order chi connectivity index (χ0) is 14.0. The third-order valence-corrected chi connectivity index (χ3v) is 4.28. The maximum absolute atomic E-state index is 11.2. The minimum Gasteiger partial charge on any atom is -0.300 e. The predicted octanol–water partition coefficient (Wildman–Crippen LogP) is 4.18. The van der Waals surface area contributed by atoms with E-state index in [2.05, 4.69) is 67.1 Å². The van der Waals surface area contributed by atoms with Crippen LogP contribution in [0.15, 0.2) is 60.7 Å². The lowest BCUT2D eigenvalue weighted by molar-refractivity contribution is -0.116. The number of rotatable bonds is 5. The van der Waals surface area contributed by atoms with Gasteiger partial charge in [-0.25, -0.2) is 0 Å². The molecule has 0 saturated heterocycles. The Kier molecular flexibility index (Phi) is 3.43. The lowest BCUT2D eigenvalue weighted by Gasteiger charge is -2.19. The number of benzene rings is 2. The van der Waals surface area contributed by atoms with Gasteiger partial charge in [-0.05, 0) is 36.8 Å². The second kappa shape index (κ2) is 5.24. The minimum atomic E-state index is 0.0813. The monoisotopic (exact) mass is 263 g/mol. The first-order valence-corrected chi connectivity index (χ1v) is 7.17. The van der Waals surface area contributed by atoms with Crippen LogP contribution in [0.5, 0.6) is 0 Å². The van der Waals surface area contributed by atoms with Gasteiger partial charge in [0.05, 0.1) is 0 Å².